The van der Waals surface area contributed by atoms with E-state index < -0.39 is 19.9 Å². The van der Waals surface area contributed by atoms with Crippen molar-refractivity contribution in [2.45, 2.75) is 13.1 Å². The van der Waals surface area contributed by atoms with Crippen LogP contribution in [0.15, 0.2) is 24.3 Å². The second kappa shape index (κ2) is 7.35. The van der Waals surface area contributed by atoms with Crippen LogP contribution in [0, 0.1) is 0 Å². The summed E-state index contributed by atoms with van der Waals surface area (Å²) in [5, 5.41) is 5.08. The van der Waals surface area contributed by atoms with Crippen molar-refractivity contribution in [2.24, 2.45) is 0 Å². The molecular weight excluding hydrogens is 290 g/mol. The Morgan fingerprint density at radius 2 is 2.10 bits per heavy atom. The summed E-state index contributed by atoms with van der Waals surface area (Å²) in [5.41, 5.74) is -0.246. The zero-order valence-corrected chi connectivity index (χ0v) is 11.6. The molecule has 0 spiro atoms. The number of nitrogens with one attached hydrogen (secondary N) is 2. The van der Waals surface area contributed by atoms with Gasteiger partial charge in [0.25, 0.3) is 5.91 Å². The first-order valence-corrected chi connectivity index (χ1v) is 7.34. The molecule has 1 rings (SSSR count). The summed E-state index contributed by atoms with van der Waals surface area (Å²) in [6.07, 6.45) is -2.09. The summed E-state index contributed by atoms with van der Waals surface area (Å²) < 4.78 is 29.2. The zero-order valence-electron chi connectivity index (χ0n) is 10.7. The van der Waals surface area contributed by atoms with Crippen molar-refractivity contribution in [3.63, 3.8) is 0 Å². The molecule has 0 aliphatic rings. The average molecular weight is 306 g/mol. The van der Waals surface area contributed by atoms with Gasteiger partial charge in [0.05, 0.1) is 6.67 Å². The number of hydrogen-bond acceptors (Lipinski definition) is 4. The summed E-state index contributed by atoms with van der Waals surface area (Å²) in [7, 11) is -4.82. The molecule has 1 amide bonds. The van der Waals surface area contributed by atoms with E-state index >= 15 is 0 Å². The summed E-state index contributed by atoms with van der Waals surface area (Å²) in [6, 6.07) is 5.25. The molecule has 0 aliphatic heterocycles. The van der Waals surface area contributed by atoms with E-state index in [9.17, 15) is 13.8 Å². The van der Waals surface area contributed by atoms with E-state index in [1.807, 2.05) is 6.92 Å². The number of halogens is 1. The van der Waals surface area contributed by atoms with Gasteiger partial charge in [0.15, 0.2) is 0 Å². The maximum atomic E-state index is 14.0. The maximum absolute atomic E-state index is 14.0. The van der Waals surface area contributed by atoms with Gasteiger partial charge in [-0.25, -0.2) is 8.96 Å². The van der Waals surface area contributed by atoms with E-state index in [0.717, 1.165) is 0 Å². The van der Waals surface area contributed by atoms with E-state index in [1.165, 1.54) is 24.3 Å². The van der Waals surface area contributed by atoms with Gasteiger partial charge in [0.2, 0.25) is 6.17 Å². The van der Waals surface area contributed by atoms with Crippen molar-refractivity contribution in [2.75, 3.05) is 13.2 Å². The highest BCUT2D eigenvalue weighted by Crippen LogP contribution is 2.41. The molecule has 7 nitrogen and oxygen atoms in total. The van der Waals surface area contributed by atoms with Crippen molar-refractivity contribution < 1.29 is 28.1 Å². The van der Waals surface area contributed by atoms with Gasteiger partial charge < -0.3 is 15.2 Å². The van der Waals surface area contributed by atoms with Crippen molar-refractivity contribution in [3.05, 3.63) is 29.8 Å². The minimum atomic E-state index is -4.82. The van der Waals surface area contributed by atoms with E-state index in [4.69, 9.17) is 9.79 Å². The quantitative estimate of drug-likeness (QED) is 0.338. The fraction of sp³-hybridized carbons (Fsp3) is 0.364. The Morgan fingerprint density at radius 3 is 2.70 bits per heavy atom. The number of para-hydroxylation sites is 1. The lowest BCUT2D eigenvalue weighted by Crippen LogP contribution is -2.35. The van der Waals surface area contributed by atoms with Crippen LogP contribution < -0.4 is 15.2 Å². The molecule has 112 valence electrons. The smallest absolute Gasteiger partial charge is 0.404 e. The van der Waals surface area contributed by atoms with Crippen molar-refractivity contribution in [3.8, 4) is 5.75 Å². The molecule has 1 aromatic rings. The Bertz CT molecular complexity index is 507. The van der Waals surface area contributed by atoms with Crippen LogP contribution in [-0.2, 0) is 9.36 Å². The summed E-state index contributed by atoms with van der Waals surface area (Å²) >= 11 is 0. The van der Waals surface area contributed by atoms with Gasteiger partial charge in [-0.3, -0.25) is 14.6 Å². The van der Waals surface area contributed by atoms with Gasteiger partial charge in [-0.1, -0.05) is 25.1 Å². The fourth-order valence-corrected chi connectivity index (χ4v) is 1.83. The molecule has 0 aromatic heterocycles. The van der Waals surface area contributed by atoms with E-state index in [1.54, 1.807) is 0 Å². The highest BCUT2D eigenvalue weighted by Gasteiger charge is 2.26. The molecule has 1 aromatic carbocycles. The lowest BCUT2D eigenvalue weighted by molar-refractivity contribution is -0.126. The predicted octanol–water partition coefficient (Wildman–Crippen LogP) is 0.852. The van der Waals surface area contributed by atoms with Gasteiger partial charge in [-0.2, -0.15) is 0 Å². The number of hydrogen-bond donors (Lipinski definition) is 4. The Labute approximate surface area is 115 Å². The standard InChI is InChI=1S/C11H16FN2O5P/c1-2-13-7-14-11(15)10(12)8-5-3-4-6-9(8)19-20(16,17)18/h3-6,10,13H,2,7H2,1H3,(H,14,15)(H2,16,17,18). The number of alkyl halides is 1. The number of carbonyl (C=O) groups is 1. The van der Waals surface area contributed by atoms with Gasteiger partial charge in [-0.05, 0) is 12.6 Å². The van der Waals surface area contributed by atoms with E-state index in [0.29, 0.717) is 6.54 Å². The first-order chi connectivity index (χ1) is 9.35. The minimum absolute atomic E-state index is 0.0945. The third-order valence-corrected chi connectivity index (χ3v) is 2.71. The summed E-state index contributed by atoms with van der Waals surface area (Å²) in [5.74, 6) is -1.29. The Hall–Kier alpha value is -1.47. The molecule has 4 N–H and O–H groups in total. The zero-order chi connectivity index (χ0) is 15.2. The van der Waals surface area contributed by atoms with Crippen LogP contribution in [0.2, 0.25) is 0 Å². The van der Waals surface area contributed by atoms with Gasteiger partial charge >= 0.3 is 7.82 Å². The van der Waals surface area contributed by atoms with Gasteiger partial charge in [-0.15, -0.1) is 0 Å². The number of benzene rings is 1. The molecule has 0 radical (unpaired) electrons. The predicted molar refractivity (Wildman–Crippen MR) is 69.6 cm³/mol. The molecule has 0 heterocycles. The lowest BCUT2D eigenvalue weighted by atomic mass is 10.1. The fourth-order valence-electron chi connectivity index (χ4n) is 1.41. The normalized spacial score (nSPS) is 12.8. The number of phosphoric ester groups is 1. The van der Waals surface area contributed by atoms with E-state index in [-0.39, 0.29) is 18.0 Å². The molecule has 1 atom stereocenters. The van der Waals surface area contributed by atoms with Crippen LogP contribution in [0.3, 0.4) is 0 Å². The Morgan fingerprint density at radius 1 is 1.45 bits per heavy atom. The molecular formula is C11H16FN2O5P. The first-order valence-electron chi connectivity index (χ1n) is 5.81. The number of phosphoric acid groups is 1. The van der Waals surface area contributed by atoms with E-state index in [2.05, 4.69) is 15.2 Å². The average Bonchev–Trinajstić information content (AvgIpc) is 2.37. The van der Waals surface area contributed by atoms with Crippen molar-refractivity contribution in [1.29, 1.82) is 0 Å². The highest BCUT2D eigenvalue weighted by molar-refractivity contribution is 7.46. The SMILES string of the molecule is CCNCNC(=O)C(F)c1ccccc1OP(=O)(O)O. The molecule has 20 heavy (non-hydrogen) atoms. The first kappa shape index (κ1) is 16.6. The topological polar surface area (TPSA) is 108 Å². The molecule has 9 heteroatoms. The van der Waals surface area contributed by atoms with Crippen LogP contribution in [0.1, 0.15) is 18.7 Å². The number of carbonyl (C=O) groups excluding carboxylic acids is 1. The van der Waals surface area contributed by atoms with Crippen LogP contribution in [0.25, 0.3) is 0 Å². The van der Waals surface area contributed by atoms with Gasteiger partial charge in [0.1, 0.15) is 5.75 Å². The maximum Gasteiger partial charge on any atom is 0.524 e. The van der Waals surface area contributed by atoms with Crippen molar-refractivity contribution in [1.82, 2.24) is 10.6 Å². The largest absolute Gasteiger partial charge is 0.524 e. The minimum Gasteiger partial charge on any atom is -0.404 e. The second-order valence-corrected chi connectivity index (χ2v) is 4.97. The van der Waals surface area contributed by atoms with Crippen LogP contribution >= 0.6 is 7.82 Å². The molecule has 1 unspecified atom stereocenters. The number of rotatable bonds is 7. The molecule has 0 saturated carbocycles. The van der Waals surface area contributed by atoms with Crippen LogP contribution in [-0.4, -0.2) is 28.9 Å². The van der Waals surface area contributed by atoms with Crippen LogP contribution in [0.4, 0.5) is 4.39 Å². The third kappa shape index (κ3) is 5.26. The summed E-state index contributed by atoms with van der Waals surface area (Å²) in [4.78, 5) is 29.1. The summed E-state index contributed by atoms with van der Waals surface area (Å²) in [6.45, 7) is 2.52. The highest BCUT2D eigenvalue weighted by atomic mass is 31.2. The number of amides is 1. The Balaban J connectivity index is 2.84. The lowest BCUT2D eigenvalue weighted by Gasteiger charge is -2.14. The molecule has 0 fully saturated rings. The van der Waals surface area contributed by atoms with Gasteiger partial charge in [0, 0.05) is 5.56 Å². The molecule has 0 saturated heterocycles. The Kier molecular flexibility index (Phi) is 6.09. The second-order valence-electron chi connectivity index (χ2n) is 3.80. The monoisotopic (exact) mass is 306 g/mol. The van der Waals surface area contributed by atoms with Crippen molar-refractivity contribution >= 4 is 13.7 Å². The molecule has 0 aliphatic carbocycles. The molecule has 0 bridgehead atoms. The van der Waals surface area contributed by atoms with Crippen LogP contribution in [0.5, 0.6) is 5.75 Å². The third-order valence-electron chi connectivity index (χ3n) is 2.28.